The third kappa shape index (κ3) is 3.22. The Bertz CT molecular complexity index is 402. The van der Waals surface area contributed by atoms with Gasteiger partial charge in [-0.15, -0.1) is 0 Å². The summed E-state index contributed by atoms with van der Waals surface area (Å²) in [5, 5.41) is 0. The molecule has 2 N–H and O–H groups in total. The summed E-state index contributed by atoms with van der Waals surface area (Å²) in [7, 11) is 1.85. The molecule has 3 nitrogen and oxygen atoms in total. The Hall–Kier alpha value is -1.03. The van der Waals surface area contributed by atoms with Gasteiger partial charge in [-0.1, -0.05) is 13.8 Å². The molecule has 0 heterocycles. The highest BCUT2D eigenvalue weighted by Crippen LogP contribution is 2.21. The van der Waals surface area contributed by atoms with Crippen LogP contribution in [0.5, 0.6) is 0 Å². The Balaban J connectivity index is 2.92. The molecular formula is C13H19BrN2O. The summed E-state index contributed by atoms with van der Waals surface area (Å²) >= 11 is 3.32. The number of nitrogens with two attached hydrogens (primary N) is 1. The number of anilines is 1. The molecule has 0 unspecified atom stereocenters. The van der Waals surface area contributed by atoms with Crippen LogP contribution in [-0.4, -0.2) is 23.9 Å². The molecule has 1 rings (SSSR count). The lowest BCUT2D eigenvalue weighted by Crippen LogP contribution is -2.36. The minimum atomic E-state index is 0.0258. The van der Waals surface area contributed by atoms with Gasteiger partial charge in [0.15, 0.2) is 0 Å². The zero-order valence-electron chi connectivity index (χ0n) is 10.5. The largest absolute Gasteiger partial charge is 0.398 e. The number of nitrogens with zero attached hydrogens (tertiary/aromatic N) is 1. The number of carbonyl (C=O) groups is 1. The van der Waals surface area contributed by atoms with Crippen molar-refractivity contribution in [1.29, 1.82) is 0 Å². The van der Waals surface area contributed by atoms with Crippen molar-refractivity contribution >= 4 is 27.5 Å². The normalized spacial score (nSPS) is 10.6. The van der Waals surface area contributed by atoms with Crippen LogP contribution in [0.4, 0.5) is 5.69 Å². The Morgan fingerprint density at radius 2 is 2.00 bits per heavy atom. The van der Waals surface area contributed by atoms with E-state index in [4.69, 9.17) is 5.73 Å². The first kappa shape index (κ1) is 14.0. The van der Waals surface area contributed by atoms with E-state index in [0.717, 1.165) is 17.3 Å². The highest BCUT2D eigenvalue weighted by molar-refractivity contribution is 9.10. The van der Waals surface area contributed by atoms with Gasteiger partial charge < -0.3 is 10.6 Å². The molecule has 0 saturated carbocycles. The number of hydrogen-bond acceptors (Lipinski definition) is 2. The van der Waals surface area contributed by atoms with E-state index in [1.807, 2.05) is 13.1 Å². The number of rotatable bonds is 4. The minimum absolute atomic E-state index is 0.0258. The third-order valence-electron chi connectivity index (χ3n) is 3.05. The van der Waals surface area contributed by atoms with Gasteiger partial charge in [-0.05, 0) is 47.0 Å². The lowest BCUT2D eigenvalue weighted by Gasteiger charge is -2.26. The number of nitrogen functional groups attached to an aromatic ring is 1. The summed E-state index contributed by atoms with van der Waals surface area (Å²) in [5.74, 6) is 0.0258. The summed E-state index contributed by atoms with van der Waals surface area (Å²) < 4.78 is 0.819. The van der Waals surface area contributed by atoms with E-state index in [1.165, 1.54) is 0 Å². The molecule has 0 saturated heterocycles. The average molecular weight is 299 g/mol. The van der Waals surface area contributed by atoms with Crippen LogP contribution >= 0.6 is 15.9 Å². The average Bonchev–Trinajstić information content (AvgIpc) is 2.33. The van der Waals surface area contributed by atoms with Crippen LogP contribution in [0.15, 0.2) is 22.7 Å². The number of carbonyl (C=O) groups excluding carboxylic acids is 1. The van der Waals surface area contributed by atoms with Crippen molar-refractivity contribution in [3.05, 3.63) is 28.2 Å². The Morgan fingerprint density at radius 3 is 2.47 bits per heavy atom. The van der Waals surface area contributed by atoms with Gasteiger partial charge in [-0.25, -0.2) is 0 Å². The number of hydrogen-bond donors (Lipinski definition) is 1. The topological polar surface area (TPSA) is 46.3 Å². The van der Waals surface area contributed by atoms with Gasteiger partial charge >= 0.3 is 0 Å². The van der Waals surface area contributed by atoms with Gasteiger partial charge in [0, 0.05) is 28.8 Å². The van der Waals surface area contributed by atoms with E-state index in [0.29, 0.717) is 11.3 Å². The second-order valence-electron chi connectivity index (χ2n) is 4.12. The molecule has 0 aliphatic rings. The van der Waals surface area contributed by atoms with Crippen LogP contribution in [0.2, 0.25) is 0 Å². The molecule has 0 spiro atoms. The maximum absolute atomic E-state index is 12.2. The van der Waals surface area contributed by atoms with Crippen LogP contribution in [-0.2, 0) is 0 Å². The summed E-state index contributed by atoms with van der Waals surface area (Å²) in [6.45, 7) is 4.18. The Labute approximate surface area is 111 Å². The maximum Gasteiger partial charge on any atom is 0.253 e. The summed E-state index contributed by atoms with van der Waals surface area (Å²) in [6, 6.07) is 5.60. The summed E-state index contributed by atoms with van der Waals surface area (Å²) in [6.07, 6.45) is 1.93. The van der Waals surface area contributed by atoms with Crippen molar-refractivity contribution in [2.75, 3.05) is 12.8 Å². The zero-order valence-corrected chi connectivity index (χ0v) is 12.1. The SMILES string of the molecule is CCC(CC)N(C)C(=O)c1ccc(Br)c(N)c1. The van der Waals surface area contributed by atoms with Crippen molar-refractivity contribution in [3.8, 4) is 0 Å². The quantitative estimate of drug-likeness (QED) is 0.867. The highest BCUT2D eigenvalue weighted by atomic mass is 79.9. The maximum atomic E-state index is 12.2. The number of amides is 1. The minimum Gasteiger partial charge on any atom is -0.398 e. The molecule has 0 atom stereocenters. The lowest BCUT2D eigenvalue weighted by atomic mass is 10.1. The second kappa shape index (κ2) is 6.05. The molecule has 1 aromatic carbocycles. The van der Waals surface area contributed by atoms with Crippen LogP contribution in [0, 0.1) is 0 Å². The molecule has 0 bridgehead atoms. The third-order valence-corrected chi connectivity index (χ3v) is 3.78. The van der Waals surface area contributed by atoms with Crippen molar-refractivity contribution in [1.82, 2.24) is 4.90 Å². The van der Waals surface area contributed by atoms with E-state index >= 15 is 0 Å². The van der Waals surface area contributed by atoms with Crippen LogP contribution in [0.3, 0.4) is 0 Å². The fraction of sp³-hybridized carbons (Fsp3) is 0.462. The molecule has 4 heteroatoms. The highest BCUT2D eigenvalue weighted by Gasteiger charge is 2.18. The van der Waals surface area contributed by atoms with Crippen molar-refractivity contribution in [2.24, 2.45) is 0 Å². The van der Waals surface area contributed by atoms with Gasteiger partial charge in [0.2, 0.25) is 0 Å². The first-order valence-electron chi connectivity index (χ1n) is 5.83. The molecule has 0 aliphatic carbocycles. The summed E-state index contributed by atoms with van der Waals surface area (Å²) in [4.78, 5) is 14.0. The first-order valence-corrected chi connectivity index (χ1v) is 6.62. The smallest absolute Gasteiger partial charge is 0.253 e. The van der Waals surface area contributed by atoms with Crippen molar-refractivity contribution in [3.63, 3.8) is 0 Å². The van der Waals surface area contributed by atoms with Crippen molar-refractivity contribution in [2.45, 2.75) is 32.7 Å². The fourth-order valence-electron chi connectivity index (χ4n) is 1.88. The molecule has 1 aromatic rings. The van der Waals surface area contributed by atoms with E-state index < -0.39 is 0 Å². The molecule has 0 aromatic heterocycles. The molecule has 0 aliphatic heterocycles. The van der Waals surface area contributed by atoms with Gasteiger partial charge in [-0.2, -0.15) is 0 Å². The molecule has 0 radical (unpaired) electrons. The number of halogens is 1. The predicted molar refractivity (Wildman–Crippen MR) is 75.0 cm³/mol. The first-order chi connectivity index (χ1) is 8.01. The van der Waals surface area contributed by atoms with Crippen LogP contribution < -0.4 is 5.73 Å². The Morgan fingerprint density at radius 1 is 1.41 bits per heavy atom. The van der Waals surface area contributed by atoms with Gasteiger partial charge in [0.25, 0.3) is 5.91 Å². The zero-order chi connectivity index (χ0) is 13.0. The lowest BCUT2D eigenvalue weighted by molar-refractivity contribution is 0.0724. The molecule has 94 valence electrons. The van der Waals surface area contributed by atoms with E-state index in [1.54, 1.807) is 17.0 Å². The molecule has 0 fully saturated rings. The fourth-order valence-corrected chi connectivity index (χ4v) is 2.13. The monoisotopic (exact) mass is 298 g/mol. The standard InChI is InChI=1S/C13H19BrN2O/c1-4-10(5-2)16(3)13(17)9-6-7-11(14)12(15)8-9/h6-8,10H,4-5,15H2,1-3H3. The Kier molecular flexibility index (Phi) is 5.00. The van der Waals surface area contributed by atoms with E-state index in [-0.39, 0.29) is 11.9 Å². The number of benzene rings is 1. The van der Waals surface area contributed by atoms with E-state index in [9.17, 15) is 4.79 Å². The molecule has 17 heavy (non-hydrogen) atoms. The molecule has 1 amide bonds. The van der Waals surface area contributed by atoms with Crippen LogP contribution in [0.1, 0.15) is 37.0 Å². The second-order valence-corrected chi connectivity index (χ2v) is 4.98. The van der Waals surface area contributed by atoms with Gasteiger partial charge in [0.05, 0.1) is 0 Å². The van der Waals surface area contributed by atoms with E-state index in [2.05, 4.69) is 29.8 Å². The van der Waals surface area contributed by atoms with Gasteiger partial charge in [0.1, 0.15) is 0 Å². The predicted octanol–water partition coefficient (Wildman–Crippen LogP) is 3.29. The molecular weight excluding hydrogens is 280 g/mol. The van der Waals surface area contributed by atoms with Gasteiger partial charge in [-0.3, -0.25) is 4.79 Å². The van der Waals surface area contributed by atoms with Crippen LogP contribution in [0.25, 0.3) is 0 Å². The summed E-state index contributed by atoms with van der Waals surface area (Å²) in [5.41, 5.74) is 7.01. The van der Waals surface area contributed by atoms with Crippen molar-refractivity contribution < 1.29 is 4.79 Å².